The maximum absolute atomic E-state index is 13.6. The van der Waals surface area contributed by atoms with Gasteiger partial charge in [0.15, 0.2) is 5.78 Å². The Hall–Kier alpha value is -1.22. The van der Waals surface area contributed by atoms with Crippen LogP contribution in [0, 0.1) is 5.82 Å². The molecule has 0 aromatic heterocycles. The Balaban J connectivity index is 2.13. The summed E-state index contributed by atoms with van der Waals surface area (Å²) in [5.74, 6) is -0.151. The minimum absolute atomic E-state index is 0.131. The zero-order valence-electron chi connectivity index (χ0n) is 10.8. The predicted octanol–water partition coefficient (Wildman–Crippen LogP) is 2.86. The number of Topliss-reactive ketones (excluding diaryl/α,β-unsaturated/α-hetero) is 1. The number of nitrogens with one attached hydrogen (secondary N) is 1. The van der Waals surface area contributed by atoms with Crippen LogP contribution in [0.2, 0.25) is 0 Å². The van der Waals surface area contributed by atoms with Crippen LogP contribution in [0.15, 0.2) is 24.3 Å². The highest BCUT2D eigenvalue weighted by molar-refractivity contribution is 5.90. The van der Waals surface area contributed by atoms with Crippen LogP contribution in [0.5, 0.6) is 0 Å². The summed E-state index contributed by atoms with van der Waals surface area (Å²) in [5.41, 5.74) is 0.100. The highest BCUT2D eigenvalue weighted by Gasteiger charge is 2.39. The lowest BCUT2D eigenvalue weighted by atomic mass is 9.84. The van der Waals surface area contributed by atoms with Crippen LogP contribution in [-0.4, -0.2) is 17.9 Å². The number of hydrogen-bond donors (Lipinski definition) is 1. The Bertz CT molecular complexity index is 424. The lowest BCUT2D eigenvalue weighted by Gasteiger charge is -2.27. The normalized spacial score (nSPS) is 23.2. The monoisotopic (exact) mass is 249 g/mol. The van der Waals surface area contributed by atoms with Crippen molar-refractivity contribution in [3.63, 3.8) is 0 Å². The topological polar surface area (TPSA) is 29.1 Å². The van der Waals surface area contributed by atoms with E-state index in [1.165, 1.54) is 6.07 Å². The van der Waals surface area contributed by atoms with E-state index in [9.17, 15) is 9.18 Å². The molecule has 1 aromatic rings. The van der Waals surface area contributed by atoms with Gasteiger partial charge in [0.25, 0.3) is 0 Å². The van der Waals surface area contributed by atoms with E-state index in [-0.39, 0.29) is 18.0 Å². The Kier molecular flexibility index (Phi) is 4.12. The molecule has 0 radical (unpaired) electrons. The number of hydrogen-bond acceptors (Lipinski definition) is 2. The van der Waals surface area contributed by atoms with E-state index in [1.54, 1.807) is 18.2 Å². The van der Waals surface area contributed by atoms with Gasteiger partial charge in [-0.1, -0.05) is 31.5 Å². The summed E-state index contributed by atoms with van der Waals surface area (Å²) in [4.78, 5) is 12.4. The van der Waals surface area contributed by atoms with E-state index < -0.39 is 5.54 Å². The minimum Gasteiger partial charge on any atom is -0.305 e. The van der Waals surface area contributed by atoms with Gasteiger partial charge >= 0.3 is 0 Å². The maximum Gasteiger partial charge on any atom is 0.157 e. The Morgan fingerprint density at radius 2 is 2.22 bits per heavy atom. The molecule has 98 valence electrons. The highest BCUT2D eigenvalue weighted by Crippen LogP contribution is 2.27. The van der Waals surface area contributed by atoms with Crippen molar-refractivity contribution in [3.8, 4) is 0 Å². The van der Waals surface area contributed by atoms with Gasteiger partial charge in [0.1, 0.15) is 5.82 Å². The average Bonchev–Trinajstić information content (AvgIpc) is 2.82. The summed E-state index contributed by atoms with van der Waals surface area (Å²) in [6, 6.07) is 6.54. The molecule has 1 saturated heterocycles. The summed E-state index contributed by atoms with van der Waals surface area (Å²) in [7, 11) is 0. The Morgan fingerprint density at radius 1 is 1.44 bits per heavy atom. The fourth-order valence-electron chi connectivity index (χ4n) is 2.81. The molecular weight excluding hydrogens is 229 g/mol. The van der Waals surface area contributed by atoms with Crippen molar-refractivity contribution in [2.45, 2.75) is 44.6 Å². The average molecular weight is 249 g/mol. The largest absolute Gasteiger partial charge is 0.305 e. The third-order valence-electron chi connectivity index (χ3n) is 3.76. The summed E-state index contributed by atoms with van der Waals surface area (Å²) in [6.07, 6.45) is 3.92. The third-order valence-corrected chi connectivity index (χ3v) is 3.76. The van der Waals surface area contributed by atoms with Crippen LogP contribution in [0.4, 0.5) is 4.39 Å². The molecule has 1 aliphatic rings. The maximum atomic E-state index is 13.6. The van der Waals surface area contributed by atoms with Gasteiger partial charge < -0.3 is 5.32 Å². The molecule has 1 fully saturated rings. The molecule has 3 heteroatoms. The molecule has 0 amide bonds. The van der Waals surface area contributed by atoms with Crippen molar-refractivity contribution in [3.05, 3.63) is 35.6 Å². The number of carbonyl (C=O) groups is 1. The van der Waals surface area contributed by atoms with Gasteiger partial charge in [-0.15, -0.1) is 0 Å². The van der Waals surface area contributed by atoms with Crippen molar-refractivity contribution in [1.82, 2.24) is 5.32 Å². The molecule has 1 atom stereocenters. The van der Waals surface area contributed by atoms with Gasteiger partial charge in [-0.25, -0.2) is 4.39 Å². The van der Waals surface area contributed by atoms with Crippen molar-refractivity contribution < 1.29 is 9.18 Å². The van der Waals surface area contributed by atoms with Gasteiger partial charge in [-0.3, -0.25) is 4.79 Å². The van der Waals surface area contributed by atoms with E-state index in [1.807, 2.05) is 0 Å². The molecule has 0 saturated carbocycles. The van der Waals surface area contributed by atoms with E-state index in [0.717, 1.165) is 32.2 Å². The van der Waals surface area contributed by atoms with Gasteiger partial charge in [0.05, 0.1) is 5.54 Å². The molecule has 1 aromatic carbocycles. The number of benzene rings is 1. The first-order valence-corrected chi connectivity index (χ1v) is 6.70. The van der Waals surface area contributed by atoms with Gasteiger partial charge in [0, 0.05) is 6.42 Å². The molecular formula is C15H20FNO. The standard InChI is InChI=1S/C15H20FNO/c1-2-8-15(9-5-10-17-15)14(18)11-12-6-3-4-7-13(12)16/h3-4,6-7,17H,2,5,8-11H2,1H3. The Labute approximate surface area is 108 Å². The van der Waals surface area contributed by atoms with Crippen LogP contribution in [0.1, 0.15) is 38.2 Å². The first kappa shape index (κ1) is 13.2. The summed E-state index contributed by atoms with van der Waals surface area (Å²) in [6.45, 7) is 2.97. The summed E-state index contributed by atoms with van der Waals surface area (Å²) in [5, 5.41) is 3.34. The molecule has 2 nitrogen and oxygen atoms in total. The smallest absolute Gasteiger partial charge is 0.157 e. The van der Waals surface area contributed by atoms with Crippen molar-refractivity contribution >= 4 is 5.78 Å². The lowest BCUT2D eigenvalue weighted by molar-refractivity contribution is -0.124. The highest BCUT2D eigenvalue weighted by atomic mass is 19.1. The summed E-state index contributed by atoms with van der Waals surface area (Å²) >= 11 is 0. The molecule has 2 rings (SSSR count). The fourth-order valence-corrected chi connectivity index (χ4v) is 2.81. The number of rotatable bonds is 5. The molecule has 18 heavy (non-hydrogen) atoms. The third kappa shape index (κ3) is 2.61. The first-order chi connectivity index (χ1) is 8.68. The molecule has 1 aliphatic heterocycles. The van der Waals surface area contributed by atoms with Crippen molar-refractivity contribution in [2.75, 3.05) is 6.54 Å². The molecule has 0 spiro atoms. The van der Waals surface area contributed by atoms with Crippen LogP contribution >= 0.6 is 0 Å². The molecule has 1 heterocycles. The first-order valence-electron chi connectivity index (χ1n) is 6.70. The lowest BCUT2D eigenvalue weighted by Crippen LogP contribution is -2.48. The van der Waals surface area contributed by atoms with E-state index in [2.05, 4.69) is 12.2 Å². The molecule has 0 aliphatic carbocycles. The molecule has 0 bridgehead atoms. The van der Waals surface area contributed by atoms with Crippen LogP contribution in [0.25, 0.3) is 0 Å². The second-order valence-corrected chi connectivity index (χ2v) is 5.05. The fraction of sp³-hybridized carbons (Fsp3) is 0.533. The SMILES string of the molecule is CCCC1(C(=O)Cc2ccccc2F)CCCN1. The van der Waals surface area contributed by atoms with Crippen molar-refractivity contribution in [1.29, 1.82) is 0 Å². The predicted molar refractivity (Wildman–Crippen MR) is 70.0 cm³/mol. The van der Waals surface area contributed by atoms with Crippen LogP contribution in [0.3, 0.4) is 0 Å². The number of carbonyl (C=O) groups excluding carboxylic acids is 1. The Morgan fingerprint density at radius 3 is 2.83 bits per heavy atom. The molecule has 1 N–H and O–H groups in total. The second kappa shape index (κ2) is 5.61. The quantitative estimate of drug-likeness (QED) is 0.869. The number of ketones is 1. The van der Waals surface area contributed by atoms with E-state index in [4.69, 9.17) is 0 Å². The summed E-state index contributed by atoms with van der Waals surface area (Å²) < 4.78 is 13.6. The van der Waals surface area contributed by atoms with Crippen LogP contribution in [-0.2, 0) is 11.2 Å². The van der Waals surface area contributed by atoms with Crippen molar-refractivity contribution in [2.24, 2.45) is 0 Å². The number of halogens is 1. The van der Waals surface area contributed by atoms with Crippen LogP contribution < -0.4 is 5.32 Å². The zero-order chi connectivity index (χ0) is 13.0. The minimum atomic E-state index is -0.406. The zero-order valence-corrected chi connectivity index (χ0v) is 10.8. The van der Waals surface area contributed by atoms with Gasteiger partial charge in [-0.05, 0) is 37.4 Å². The van der Waals surface area contributed by atoms with Gasteiger partial charge in [0.2, 0.25) is 0 Å². The van der Waals surface area contributed by atoms with E-state index in [0.29, 0.717) is 5.56 Å². The van der Waals surface area contributed by atoms with Gasteiger partial charge in [-0.2, -0.15) is 0 Å². The molecule has 1 unspecified atom stereocenters. The van der Waals surface area contributed by atoms with E-state index >= 15 is 0 Å². The second-order valence-electron chi connectivity index (χ2n) is 5.05.